The lowest BCUT2D eigenvalue weighted by molar-refractivity contribution is 0.0859. The Labute approximate surface area is 132 Å². The monoisotopic (exact) mass is 355 g/mol. The van der Waals surface area contributed by atoms with Gasteiger partial charge in [-0.05, 0) is 47.8 Å². The van der Waals surface area contributed by atoms with Gasteiger partial charge in [0.1, 0.15) is 4.60 Å². The Morgan fingerprint density at radius 3 is 2.81 bits per heavy atom. The number of likely N-dealkylation sites (tertiary alicyclic amines) is 1. The molecule has 0 atom stereocenters. The summed E-state index contributed by atoms with van der Waals surface area (Å²) in [4.78, 5) is 29.5. The molecule has 1 aromatic heterocycles. The zero-order valence-electron chi connectivity index (χ0n) is 11.8. The van der Waals surface area contributed by atoms with Crippen molar-refractivity contribution in [3.05, 3.63) is 28.5 Å². The van der Waals surface area contributed by atoms with Crippen molar-refractivity contribution < 1.29 is 14.3 Å². The number of halogens is 1. The average molecular weight is 356 g/mol. The van der Waals surface area contributed by atoms with E-state index in [9.17, 15) is 9.59 Å². The molecule has 1 fully saturated rings. The van der Waals surface area contributed by atoms with E-state index in [4.69, 9.17) is 4.74 Å². The smallest absolute Gasteiger partial charge is 0.409 e. The Kier molecular flexibility index (Phi) is 5.55. The number of nitrogens with zero attached hydrogens (tertiary/aromatic N) is 2. The highest BCUT2D eigenvalue weighted by molar-refractivity contribution is 9.10. The Morgan fingerprint density at radius 2 is 2.19 bits per heavy atom. The second kappa shape index (κ2) is 7.40. The lowest BCUT2D eigenvalue weighted by atomic mass is 10.0. The SMILES string of the molecule is CCOC(=O)N1CCC(NC(=O)c2cccnc2Br)CC1. The number of nitrogens with one attached hydrogen (secondary N) is 1. The quantitative estimate of drug-likeness (QED) is 0.843. The summed E-state index contributed by atoms with van der Waals surface area (Å²) in [6, 6.07) is 3.51. The predicted octanol–water partition coefficient (Wildman–Crippen LogP) is 2.19. The fraction of sp³-hybridized carbons (Fsp3) is 0.500. The van der Waals surface area contributed by atoms with Crippen LogP contribution in [0.15, 0.2) is 22.9 Å². The van der Waals surface area contributed by atoms with Crippen molar-refractivity contribution in [1.82, 2.24) is 15.2 Å². The minimum Gasteiger partial charge on any atom is -0.450 e. The van der Waals surface area contributed by atoms with Gasteiger partial charge in [-0.1, -0.05) is 0 Å². The lowest BCUT2D eigenvalue weighted by Crippen LogP contribution is -2.46. The van der Waals surface area contributed by atoms with Crippen LogP contribution in [0.2, 0.25) is 0 Å². The van der Waals surface area contributed by atoms with E-state index in [0.717, 1.165) is 12.8 Å². The summed E-state index contributed by atoms with van der Waals surface area (Å²) in [5.41, 5.74) is 0.519. The summed E-state index contributed by atoms with van der Waals surface area (Å²) in [5, 5.41) is 2.98. The minimum atomic E-state index is -0.280. The van der Waals surface area contributed by atoms with Crippen LogP contribution in [-0.2, 0) is 4.74 Å². The first-order chi connectivity index (χ1) is 10.1. The molecular weight excluding hydrogens is 338 g/mol. The summed E-state index contributed by atoms with van der Waals surface area (Å²) >= 11 is 3.27. The van der Waals surface area contributed by atoms with E-state index in [0.29, 0.717) is 29.9 Å². The standard InChI is InChI=1S/C14H18BrN3O3/c1-2-21-14(20)18-8-5-10(6-9-18)17-13(19)11-4-3-7-16-12(11)15/h3-4,7,10H,2,5-6,8-9H2,1H3,(H,17,19). The number of rotatable bonds is 3. The molecule has 114 valence electrons. The van der Waals surface area contributed by atoms with Gasteiger partial charge in [0.25, 0.3) is 5.91 Å². The molecule has 6 nitrogen and oxygen atoms in total. The van der Waals surface area contributed by atoms with Gasteiger partial charge in [0, 0.05) is 25.3 Å². The first-order valence-electron chi connectivity index (χ1n) is 6.95. The maximum atomic E-state index is 12.2. The van der Waals surface area contributed by atoms with E-state index in [1.165, 1.54) is 0 Å². The van der Waals surface area contributed by atoms with Crippen LogP contribution in [0.25, 0.3) is 0 Å². The van der Waals surface area contributed by atoms with E-state index in [-0.39, 0.29) is 18.0 Å². The molecule has 7 heteroatoms. The van der Waals surface area contributed by atoms with Gasteiger partial charge in [0.2, 0.25) is 0 Å². The highest BCUT2D eigenvalue weighted by atomic mass is 79.9. The van der Waals surface area contributed by atoms with Crippen LogP contribution in [0.4, 0.5) is 4.79 Å². The van der Waals surface area contributed by atoms with Crippen LogP contribution < -0.4 is 5.32 Å². The maximum absolute atomic E-state index is 12.2. The van der Waals surface area contributed by atoms with E-state index in [1.807, 2.05) is 0 Å². The average Bonchev–Trinajstić information content (AvgIpc) is 2.48. The van der Waals surface area contributed by atoms with Gasteiger partial charge in [0.05, 0.1) is 12.2 Å². The highest BCUT2D eigenvalue weighted by Gasteiger charge is 2.25. The molecule has 1 N–H and O–H groups in total. The van der Waals surface area contributed by atoms with Crippen LogP contribution in [0.5, 0.6) is 0 Å². The highest BCUT2D eigenvalue weighted by Crippen LogP contribution is 2.15. The Balaban J connectivity index is 1.85. The molecule has 0 unspecified atom stereocenters. The number of amides is 2. The van der Waals surface area contributed by atoms with Gasteiger partial charge < -0.3 is 15.0 Å². The molecule has 1 aliphatic heterocycles. The molecule has 0 radical (unpaired) electrons. The molecule has 0 aliphatic carbocycles. The van der Waals surface area contributed by atoms with Crippen molar-refractivity contribution in [3.8, 4) is 0 Å². The minimum absolute atomic E-state index is 0.0651. The summed E-state index contributed by atoms with van der Waals surface area (Å²) in [7, 11) is 0. The molecule has 2 amide bonds. The van der Waals surface area contributed by atoms with Crippen molar-refractivity contribution in [3.63, 3.8) is 0 Å². The van der Waals surface area contributed by atoms with Crippen LogP contribution in [0.1, 0.15) is 30.1 Å². The number of carbonyl (C=O) groups excluding carboxylic acids is 2. The summed E-state index contributed by atoms with van der Waals surface area (Å²) in [5.74, 6) is -0.149. The predicted molar refractivity (Wildman–Crippen MR) is 81.0 cm³/mol. The first-order valence-corrected chi connectivity index (χ1v) is 7.74. The van der Waals surface area contributed by atoms with Crippen molar-refractivity contribution >= 4 is 27.9 Å². The number of ether oxygens (including phenoxy) is 1. The number of aromatic nitrogens is 1. The van der Waals surface area contributed by atoms with Crippen molar-refractivity contribution in [2.75, 3.05) is 19.7 Å². The third-order valence-corrected chi connectivity index (χ3v) is 3.99. The maximum Gasteiger partial charge on any atom is 0.409 e. The second-order valence-electron chi connectivity index (χ2n) is 4.78. The van der Waals surface area contributed by atoms with Gasteiger partial charge in [-0.15, -0.1) is 0 Å². The van der Waals surface area contributed by atoms with Crippen molar-refractivity contribution in [2.24, 2.45) is 0 Å². The van der Waals surface area contributed by atoms with Gasteiger partial charge in [-0.2, -0.15) is 0 Å². The largest absolute Gasteiger partial charge is 0.450 e. The summed E-state index contributed by atoms with van der Waals surface area (Å²) in [6.07, 6.45) is 2.79. The van der Waals surface area contributed by atoms with Crippen LogP contribution in [-0.4, -0.2) is 47.6 Å². The lowest BCUT2D eigenvalue weighted by Gasteiger charge is -2.31. The Bertz CT molecular complexity index is 516. The second-order valence-corrected chi connectivity index (χ2v) is 5.53. The van der Waals surface area contributed by atoms with E-state index >= 15 is 0 Å². The first kappa shape index (κ1) is 15.8. The molecular formula is C14H18BrN3O3. The molecule has 1 aliphatic rings. The molecule has 0 saturated carbocycles. The third-order valence-electron chi connectivity index (χ3n) is 3.36. The summed E-state index contributed by atoms with van der Waals surface area (Å²) in [6.45, 7) is 3.36. The van der Waals surface area contributed by atoms with Gasteiger partial charge in [0.15, 0.2) is 0 Å². The number of hydrogen-bond acceptors (Lipinski definition) is 4. The zero-order chi connectivity index (χ0) is 15.2. The molecule has 0 aromatic carbocycles. The molecule has 0 bridgehead atoms. The Morgan fingerprint density at radius 1 is 1.48 bits per heavy atom. The number of pyridine rings is 1. The third kappa shape index (κ3) is 4.17. The molecule has 21 heavy (non-hydrogen) atoms. The topological polar surface area (TPSA) is 71.5 Å². The van der Waals surface area contributed by atoms with Crippen molar-refractivity contribution in [2.45, 2.75) is 25.8 Å². The fourth-order valence-electron chi connectivity index (χ4n) is 2.24. The fourth-order valence-corrected chi connectivity index (χ4v) is 2.67. The molecule has 0 spiro atoms. The Hall–Kier alpha value is -1.63. The molecule has 1 saturated heterocycles. The van der Waals surface area contributed by atoms with Crippen LogP contribution in [0, 0.1) is 0 Å². The van der Waals surface area contributed by atoms with Crippen LogP contribution >= 0.6 is 15.9 Å². The van der Waals surface area contributed by atoms with E-state index < -0.39 is 0 Å². The van der Waals surface area contributed by atoms with Gasteiger partial charge in [-0.3, -0.25) is 4.79 Å². The van der Waals surface area contributed by atoms with E-state index in [1.54, 1.807) is 30.2 Å². The number of carbonyl (C=O) groups is 2. The van der Waals surface area contributed by atoms with E-state index in [2.05, 4.69) is 26.2 Å². The molecule has 2 rings (SSSR count). The van der Waals surface area contributed by atoms with Crippen LogP contribution in [0.3, 0.4) is 0 Å². The summed E-state index contributed by atoms with van der Waals surface area (Å²) < 4.78 is 5.50. The van der Waals surface area contributed by atoms with Gasteiger partial charge >= 0.3 is 6.09 Å². The number of hydrogen-bond donors (Lipinski definition) is 1. The van der Waals surface area contributed by atoms with Crippen molar-refractivity contribution in [1.29, 1.82) is 0 Å². The van der Waals surface area contributed by atoms with Gasteiger partial charge in [-0.25, -0.2) is 9.78 Å². The molecule has 2 heterocycles. The molecule has 1 aromatic rings. The number of piperidine rings is 1. The normalized spacial score (nSPS) is 15.6. The zero-order valence-corrected chi connectivity index (χ0v) is 13.4.